The van der Waals surface area contributed by atoms with E-state index in [0.29, 0.717) is 29.6 Å². The molecule has 24 heavy (non-hydrogen) atoms. The number of pyridine rings is 1. The van der Waals surface area contributed by atoms with Gasteiger partial charge in [0.15, 0.2) is 0 Å². The number of hydrogen-bond donors (Lipinski definition) is 2. The van der Waals surface area contributed by atoms with Gasteiger partial charge in [0.2, 0.25) is 11.8 Å². The Balaban J connectivity index is 1.81. The van der Waals surface area contributed by atoms with Crippen LogP contribution in [-0.2, 0) is 17.9 Å². The summed E-state index contributed by atoms with van der Waals surface area (Å²) in [6, 6.07) is 1.52. The summed E-state index contributed by atoms with van der Waals surface area (Å²) in [5.74, 6) is 0.225. The number of fused-ring (bicyclic) bond motifs is 1. The number of nitrogens with two attached hydrogens (primary N) is 1. The topological polar surface area (TPSA) is 97.5 Å². The largest absolute Gasteiger partial charge is 0.481 e. The fraction of sp³-hybridized carbons (Fsp3) is 0.588. The molecule has 1 aromatic heterocycles. The SMILES string of the molecule is COc1nc2c(cc1CNC(=O)[C@@H](C)N)C(=O)N(C1CCCC1)C2. The zero-order chi connectivity index (χ0) is 17.3. The minimum absolute atomic E-state index is 0.0341. The molecule has 0 aromatic carbocycles. The van der Waals surface area contributed by atoms with Crippen LogP contribution in [0.25, 0.3) is 0 Å². The summed E-state index contributed by atoms with van der Waals surface area (Å²) in [6.45, 7) is 2.40. The molecule has 2 heterocycles. The molecule has 1 fully saturated rings. The molecule has 1 saturated carbocycles. The van der Waals surface area contributed by atoms with Crippen molar-refractivity contribution in [2.24, 2.45) is 5.73 Å². The van der Waals surface area contributed by atoms with Crippen LogP contribution in [0.5, 0.6) is 5.88 Å². The lowest BCUT2D eigenvalue weighted by molar-refractivity contribution is -0.122. The molecule has 7 nitrogen and oxygen atoms in total. The normalized spacial score (nSPS) is 18.6. The maximum atomic E-state index is 12.7. The predicted octanol–water partition coefficient (Wildman–Crippen LogP) is 0.952. The molecule has 1 aliphatic carbocycles. The Kier molecular flexibility index (Phi) is 4.71. The van der Waals surface area contributed by atoms with Crippen molar-refractivity contribution in [1.82, 2.24) is 15.2 Å². The summed E-state index contributed by atoms with van der Waals surface area (Å²) in [5, 5.41) is 2.74. The molecule has 0 unspecified atom stereocenters. The van der Waals surface area contributed by atoms with Gasteiger partial charge in [-0.1, -0.05) is 12.8 Å². The number of ether oxygens (including phenoxy) is 1. The van der Waals surface area contributed by atoms with Gasteiger partial charge in [0, 0.05) is 18.2 Å². The average Bonchev–Trinajstić information content (AvgIpc) is 3.20. The Hall–Kier alpha value is -2.15. The summed E-state index contributed by atoms with van der Waals surface area (Å²) >= 11 is 0. The van der Waals surface area contributed by atoms with Crippen LogP contribution in [0.2, 0.25) is 0 Å². The fourth-order valence-corrected chi connectivity index (χ4v) is 3.43. The summed E-state index contributed by atoms with van der Waals surface area (Å²) in [7, 11) is 1.54. The lowest BCUT2D eigenvalue weighted by Gasteiger charge is -2.22. The van der Waals surface area contributed by atoms with Gasteiger partial charge < -0.3 is 20.7 Å². The van der Waals surface area contributed by atoms with E-state index in [1.807, 2.05) is 4.90 Å². The maximum absolute atomic E-state index is 12.7. The zero-order valence-electron chi connectivity index (χ0n) is 14.2. The highest BCUT2D eigenvalue weighted by Gasteiger charge is 2.35. The van der Waals surface area contributed by atoms with Gasteiger partial charge in [-0.3, -0.25) is 9.59 Å². The maximum Gasteiger partial charge on any atom is 0.256 e. The molecule has 2 amide bonds. The fourth-order valence-electron chi connectivity index (χ4n) is 3.43. The Bertz CT molecular complexity index is 653. The standard InChI is InChI=1S/C17H24N4O3/c1-10(18)15(22)19-8-11-7-13-14(20-16(11)24-2)9-21(17(13)23)12-5-3-4-6-12/h7,10,12H,3-6,8-9,18H2,1-2H3,(H,19,22)/t10-/m1/s1. The smallest absolute Gasteiger partial charge is 0.256 e. The zero-order valence-corrected chi connectivity index (χ0v) is 14.2. The van der Waals surface area contributed by atoms with Gasteiger partial charge in [-0.05, 0) is 25.8 Å². The van der Waals surface area contributed by atoms with E-state index in [0.717, 1.165) is 18.5 Å². The first-order valence-electron chi connectivity index (χ1n) is 8.42. The quantitative estimate of drug-likeness (QED) is 0.837. The van der Waals surface area contributed by atoms with E-state index in [4.69, 9.17) is 10.5 Å². The number of hydrogen-bond acceptors (Lipinski definition) is 5. The molecule has 0 saturated heterocycles. The van der Waals surface area contributed by atoms with E-state index >= 15 is 0 Å². The van der Waals surface area contributed by atoms with Crippen molar-refractivity contribution >= 4 is 11.8 Å². The molecule has 2 aliphatic rings. The molecule has 0 radical (unpaired) electrons. The van der Waals surface area contributed by atoms with E-state index in [1.54, 1.807) is 13.0 Å². The minimum atomic E-state index is -0.585. The van der Waals surface area contributed by atoms with Crippen LogP contribution < -0.4 is 15.8 Å². The number of nitrogens with one attached hydrogen (secondary N) is 1. The second-order valence-electron chi connectivity index (χ2n) is 6.53. The predicted molar refractivity (Wildman–Crippen MR) is 88.4 cm³/mol. The molecular formula is C17H24N4O3. The van der Waals surface area contributed by atoms with Gasteiger partial charge in [-0.15, -0.1) is 0 Å². The van der Waals surface area contributed by atoms with Crippen LogP contribution in [0, 0.1) is 0 Å². The summed E-state index contributed by atoms with van der Waals surface area (Å²) in [4.78, 5) is 30.8. The number of methoxy groups -OCH3 is 1. The van der Waals surface area contributed by atoms with Crippen LogP contribution in [0.1, 0.15) is 54.2 Å². The lowest BCUT2D eigenvalue weighted by atomic mass is 10.1. The van der Waals surface area contributed by atoms with Crippen LogP contribution in [0.15, 0.2) is 6.07 Å². The average molecular weight is 332 g/mol. The Morgan fingerprint density at radius 1 is 1.50 bits per heavy atom. The highest BCUT2D eigenvalue weighted by molar-refractivity contribution is 5.98. The van der Waals surface area contributed by atoms with Gasteiger partial charge in [-0.2, -0.15) is 0 Å². The molecule has 1 aromatic rings. The molecule has 1 aliphatic heterocycles. The number of rotatable bonds is 5. The Morgan fingerprint density at radius 3 is 2.83 bits per heavy atom. The van der Waals surface area contributed by atoms with Crippen molar-refractivity contribution in [2.75, 3.05) is 7.11 Å². The molecule has 0 spiro atoms. The monoisotopic (exact) mass is 332 g/mol. The van der Waals surface area contributed by atoms with Gasteiger partial charge in [0.25, 0.3) is 5.91 Å². The van der Waals surface area contributed by atoms with Gasteiger partial charge >= 0.3 is 0 Å². The van der Waals surface area contributed by atoms with Gasteiger partial charge in [0.1, 0.15) is 0 Å². The third kappa shape index (κ3) is 3.08. The molecule has 0 bridgehead atoms. The second kappa shape index (κ2) is 6.76. The molecule has 1 atom stereocenters. The number of nitrogens with zero attached hydrogens (tertiary/aromatic N) is 2. The molecule has 3 N–H and O–H groups in total. The first kappa shape index (κ1) is 16.7. The van der Waals surface area contributed by atoms with Crippen molar-refractivity contribution in [3.05, 3.63) is 22.9 Å². The van der Waals surface area contributed by atoms with E-state index < -0.39 is 6.04 Å². The third-order valence-electron chi connectivity index (χ3n) is 4.78. The Labute approximate surface area is 141 Å². The van der Waals surface area contributed by atoms with E-state index in [9.17, 15) is 9.59 Å². The van der Waals surface area contributed by atoms with Crippen LogP contribution in [0.3, 0.4) is 0 Å². The Morgan fingerprint density at radius 2 is 2.21 bits per heavy atom. The van der Waals surface area contributed by atoms with Crippen LogP contribution in [0.4, 0.5) is 0 Å². The first-order chi connectivity index (χ1) is 11.5. The van der Waals surface area contributed by atoms with Crippen LogP contribution >= 0.6 is 0 Å². The van der Waals surface area contributed by atoms with Gasteiger partial charge in [-0.25, -0.2) is 4.98 Å². The summed E-state index contributed by atoms with van der Waals surface area (Å²) < 4.78 is 5.34. The number of carbonyl (C=O) groups excluding carboxylic acids is 2. The molecule has 130 valence electrons. The van der Waals surface area contributed by atoms with Gasteiger partial charge in [0.05, 0.1) is 31.0 Å². The van der Waals surface area contributed by atoms with Crippen molar-refractivity contribution in [2.45, 2.75) is 57.8 Å². The van der Waals surface area contributed by atoms with E-state index in [-0.39, 0.29) is 18.4 Å². The number of carbonyl (C=O) groups is 2. The second-order valence-corrected chi connectivity index (χ2v) is 6.53. The lowest BCUT2D eigenvalue weighted by Crippen LogP contribution is -2.37. The summed E-state index contributed by atoms with van der Waals surface area (Å²) in [6.07, 6.45) is 4.48. The number of amides is 2. The number of aromatic nitrogens is 1. The molecule has 7 heteroatoms. The van der Waals surface area contributed by atoms with E-state index in [2.05, 4.69) is 10.3 Å². The first-order valence-corrected chi connectivity index (χ1v) is 8.42. The van der Waals surface area contributed by atoms with Crippen molar-refractivity contribution in [1.29, 1.82) is 0 Å². The molecular weight excluding hydrogens is 308 g/mol. The minimum Gasteiger partial charge on any atom is -0.481 e. The summed E-state index contributed by atoms with van der Waals surface area (Å²) in [5.41, 5.74) is 7.61. The molecule has 3 rings (SSSR count). The van der Waals surface area contributed by atoms with Crippen LogP contribution in [-0.4, -0.2) is 40.9 Å². The van der Waals surface area contributed by atoms with Crippen molar-refractivity contribution < 1.29 is 14.3 Å². The highest BCUT2D eigenvalue weighted by atomic mass is 16.5. The van der Waals surface area contributed by atoms with Crippen molar-refractivity contribution in [3.63, 3.8) is 0 Å². The third-order valence-corrected chi connectivity index (χ3v) is 4.78. The van der Waals surface area contributed by atoms with Crippen molar-refractivity contribution in [3.8, 4) is 5.88 Å². The van der Waals surface area contributed by atoms with E-state index in [1.165, 1.54) is 20.0 Å². The highest BCUT2D eigenvalue weighted by Crippen LogP contribution is 2.33.